The van der Waals surface area contributed by atoms with Gasteiger partial charge in [-0.3, -0.25) is 4.79 Å². The van der Waals surface area contributed by atoms with Crippen LogP contribution >= 0.6 is 11.3 Å². The van der Waals surface area contributed by atoms with Gasteiger partial charge in [0.1, 0.15) is 10.7 Å². The highest BCUT2D eigenvalue weighted by molar-refractivity contribution is 7.13. The maximum atomic E-state index is 11.7. The van der Waals surface area contributed by atoms with E-state index in [9.17, 15) is 4.79 Å². The second-order valence-corrected chi connectivity index (χ2v) is 4.43. The number of aromatic nitrogens is 1. The summed E-state index contributed by atoms with van der Waals surface area (Å²) in [7, 11) is 1.60. The molecule has 0 saturated carbocycles. The molecule has 2 rings (SSSR count). The molecule has 1 amide bonds. The first-order valence-electron chi connectivity index (χ1n) is 5.50. The molecule has 0 aliphatic rings. The first-order valence-corrected chi connectivity index (χ1v) is 6.38. The number of carbonyl (C=O) groups is 1. The Hall–Kier alpha value is -1.72. The van der Waals surface area contributed by atoms with E-state index in [4.69, 9.17) is 4.74 Å². The number of nitrogens with one attached hydrogen (secondary N) is 1. The van der Waals surface area contributed by atoms with E-state index < -0.39 is 0 Å². The number of hydrogen-bond donors (Lipinski definition) is 1. The molecule has 4 nitrogen and oxygen atoms in total. The molecule has 0 fully saturated rings. The first kappa shape index (κ1) is 12.7. The number of carbonyl (C=O) groups excluding carboxylic acids is 1. The lowest BCUT2D eigenvalue weighted by Gasteiger charge is -2.01. The molecule has 0 aliphatic carbocycles. The van der Waals surface area contributed by atoms with Gasteiger partial charge in [0, 0.05) is 24.6 Å². The van der Waals surface area contributed by atoms with Crippen LogP contribution in [0, 0.1) is 6.07 Å². The summed E-state index contributed by atoms with van der Waals surface area (Å²) in [5.41, 5.74) is 1.44. The van der Waals surface area contributed by atoms with Crippen molar-refractivity contribution in [2.45, 2.75) is 0 Å². The number of ether oxygens (including phenoxy) is 1. The van der Waals surface area contributed by atoms with Crippen molar-refractivity contribution in [3.63, 3.8) is 0 Å². The van der Waals surface area contributed by atoms with Crippen molar-refractivity contribution in [2.24, 2.45) is 0 Å². The Morgan fingerprint density at radius 1 is 1.50 bits per heavy atom. The molecular weight excluding hydrogens is 248 g/mol. The molecule has 1 radical (unpaired) electrons. The van der Waals surface area contributed by atoms with Crippen molar-refractivity contribution >= 4 is 17.2 Å². The molecule has 1 N–H and O–H groups in total. The first-order chi connectivity index (χ1) is 8.81. The minimum Gasteiger partial charge on any atom is -0.383 e. The van der Waals surface area contributed by atoms with Crippen LogP contribution in [0.1, 0.15) is 10.5 Å². The molecule has 18 heavy (non-hydrogen) atoms. The van der Waals surface area contributed by atoms with Crippen LogP contribution in [0.2, 0.25) is 0 Å². The van der Waals surface area contributed by atoms with Crippen LogP contribution in [0.3, 0.4) is 0 Å². The van der Waals surface area contributed by atoms with E-state index >= 15 is 0 Å². The van der Waals surface area contributed by atoms with Crippen molar-refractivity contribution in [2.75, 3.05) is 20.3 Å². The molecule has 1 heterocycles. The van der Waals surface area contributed by atoms with E-state index in [0.717, 1.165) is 10.6 Å². The summed E-state index contributed by atoms with van der Waals surface area (Å²) in [5.74, 6) is -0.169. The monoisotopic (exact) mass is 261 g/mol. The van der Waals surface area contributed by atoms with Gasteiger partial charge in [-0.15, -0.1) is 11.3 Å². The lowest BCUT2D eigenvalue weighted by Crippen LogP contribution is -2.27. The lowest BCUT2D eigenvalue weighted by molar-refractivity contribution is 0.0933. The Bertz CT molecular complexity index is 511. The van der Waals surface area contributed by atoms with Crippen molar-refractivity contribution in [3.8, 4) is 10.6 Å². The van der Waals surface area contributed by atoms with Crippen molar-refractivity contribution in [1.82, 2.24) is 10.3 Å². The van der Waals surface area contributed by atoms with Crippen LogP contribution in [0.4, 0.5) is 0 Å². The van der Waals surface area contributed by atoms with E-state index in [0.29, 0.717) is 18.8 Å². The minimum absolute atomic E-state index is 0.169. The summed E-state index contributed by atoms with van der Waals surface area (Å²) in [6.45, 7) is 0.986. The Balaban J connectivity index is 2.04. The van der Waals surface area contributed by atoms with Gasteiger partial charge in [0.05, 0.1) is 6.61 Å². The predicted octanol–water partition coefficient (Wildman–Crippen LogP) is 1.99. The molecule has 2 aromatic rings. The molecule has 0 spiro atoms. The third-order valence-electron chi connectivity index (χ3n) is 2.29. The fourth-order valence-electron chi connectivity index (χ4n) is 1.40. The number of rotatable bonds is 5. The number of nitrogens with zero attached hydrogens (tertiary/aromatic N) is 1. The van der Waals surface area contributed by atoms with Gasteiger partial charge >= 0.3 is 0 Å². The Morgan fingerprint density at radius 3 is 3.00 bits per heavy atom. The van der Waals surface area contributed by atoms with Crippen LogP contribution in [-0.4, -0.2) is 31.2 Å². The van der Waals surface area contributed by atoms with Crippen molar-refractivity contribution in [1.29, 1.82) is 0 Å². The Kier molecular flexibility index (Phi) is 4.44. The third kappa shape index (κ3) is 3.15. The van der Waals surface area contributed by atoms with E-state index in [1.807, 2.05) is 24.3 Å². The highest BCUT2D eigenvalue weighted by atomic mass is 32.1. The molecule has 0 aliphatic heterocycles. The molecule has 5 heteroatoms. The predicted molar refractivity (Wildman–Crippen MR) is 70.6 cm³/mol. The zero-order chi connectivity index (χ0) is 12.8. The maximum Gasteiger partial charge on any atom is 0.270 e. The fraction of sp³-hybridized carbons (Fsp3) is 0.231. The molecule has 0 bridgehead atoms. The highest BCUT2D eigenvalue weighted by Crippen LogP contribution is 2.22. The summed E-state index contributed by atoms with van der Waals surface area (Å²) in [6.07, 6.45) is 0. The molecule has 0 unspecified atom stereocenters. The Morgan fingerprint density at radius 2 is 2.28 bits per heavy atom. The molecule has 1 aromatic carbocycles. The molecule has 93 valence electrons. The highest BCUT2D eigenvalue weighted by Gasteiger charge is 2.10. The number of methoxy groups -OCH3 is 1. The van der Waals surface area contributed by atoms with Crippen LogP contribution in [0.25, 0.3) is 10.6 Å². The van der Waals surface area contributed by atoms with Gasteiger partial charge in [-0.05, 0) is 6.07 Å². The summed E-state index contributed by atoms with van der Waals surface area (Å²) >= 11 is 1.45. The second kappa shape index (κ2) is 6.28. The van der Waals surface area contributed by atoms with Gasteiger partial charge in [-0.25, -0.2) is 4.98 Å². The number of benzene rings is 1. The van der Waals surface area contributed by atoms with E-state index in [1.165, 1.54) is 11.3 Å². The van der Waals surface area contributed by atoms with Crippen molar-refractivity contribution < 1.29 is 9.53 Å². The standard InChI is InChI=1S/C13H13N2O2S/c1-17-8-7-14-12(16)11-9-18-13(15-11)10-5-3-2-4-6-10/h3-6,9H,7-8H2,1H3,(H,14,16). The van der Waals surface area contributed by atoms with Gasteiger partial charge in [0.25, 0.3) is 5.91 Å². The maximum absolute atomic E-state index is 11.7. The van der Waals surface area contributed by atoms with Gasteiger partial charge in [0.2, 0.25) is 0 Å². The second-order valence-electron chi connectivity index (χ2n) is 3.58. The van der Waals surface area contributed by atoms with Crippen LogP contribution < -0.4 is 5.32 Å². The van der Waals surface area contributed by atoms with Crippen LogP contribution in [-0.2, 0) is 4.74 Å². The summed E-state index contributed by atoms with van der Waals surface area (Å²) in [6, 6.07) is 10.5. The zero-order valence-electron chi connectivity index (χ0n) is 9.97. The topological polar surface area (TPSA) is 51.2 Å². The molecule has 0 saturated heterocycles. The summed E-state index contributed by atoms with van der Waals surface area (Å²) in [5, 5.41) is 5.33. The zero-order valence-corrected chi connectivity index (χ0v) is 10.8. The smallest absolute Gasteiger partial charge is 0.270 e. The van der Waals surface area contributed by atoms with Gasteiger partial charge < -0.3 is 10.1 Å². The average Bonchev–Trinajstić information content (AvgIpc) is 2.89. The Labute approximate surface area is 110 Å². The molecular formula is C13H13N2O2S. The fourth-order valence-corrected chi connectivity index (χ4v) is 2.20. The van der Waals surface area contributed by atoms with Gasteiger partial charge in [-0.1, -0.05) is 24.3 Å². The summed E-state index contributed by atoms with van der Waals surface area (Å²) in [4.78, 5) is 16.0. The third-order valence-corrected chi connectivity index (χ3v) is 3.19. The van der Waals surface area contributed by atoms with E-state index in [-0.39, 0.29) is 5.91 Å². The number of hydrogen-bond acceptors (Lipinski definition) is 4. The van der Waals surface area contributed by atoms with Gasteiger partial charge in [-0.2, -0.15) is 0 Å². The van der Waals surface area contributed by atoms with Gasteiger partial charge in [0.15, 0.2) is 0 Å². The minimum atomic E-state index is -0.169. The van der Waals surface area contributed by atoms with Crippen LogP contribution in [0.15, 0.2) is 29.6 Å². The quantitative estimate of drug-likeness (QED) is 0.837. The van der Waals surface area contributed by atoms with E-state index in [2.05, 4.69) is 16.4 Å². The lowest BCUT2D eigenvalue weighted by atomic mass is 10.2. The number of amides is 1. The van der Waals surface area contributed by atoms with Crippen molar-refractivity contribution in [3.05, 3.63) is 41.4 Å². The largest absolute Gasteiger partial charge is 0.383 e. The molecule has 1 aromatic heterocycles. The van der Waals surface area contributed by atoms with Crippen LogP contribution in [0.5, 0.6) is 0 Å². The molecule has 0 atom stereocenters. The SMILES string of the molecule is COCCNC(=O)c1csc(-c2cc[c]cc2)n1. The number of thiazole rings is 1. The average molecular weight is 261 g/mol. The normalized spacial score (nSPS) is 10.3. The summed E-state index contributed by atoms with van der Waals surface area (Å²) < 4.78 is 4.87. The van der Waals surface area contributed by atoms with E-state index in [1.54, 1.807) is 12.5 Å².